The minimum absolute atomic E-state index is 0.487. The third-order valence-electron chi connectivity index (χ3n) is 3.34. The minimum Gasteiger partial charge on any atom is -0.304 e. The third kappa shape index (κ3) is 2.63. The van der Waals surface area contributed by atoms with Crippen LogP contribution in [0, 0.1) is 5.92 Å². The molecule has 0 spiro atoms. The van der Waals surface area contributed by atoms with Crippen LogP contribution in [0.5, 0.6) is 0 Å². The summed E-state index contributed by atoms with van der Waals surface area (Å²) in [5.74, 6) is 1.54. The fourth-order valence-corrected chi connectivity index (χ4v) is 2.25. The Labute approximate surface area is 110 Å². The molecule has 1 aliphatic carbocycles. The molecule has 1 aromatic heterocycles. The van der Waals surface area contributed by atoms with Crippen molar-refractivity contribution < 1.29 is 0 Å². The SMILES string of the molecule is C=C/C(=C(\CC)n1ccnc1C=C1CC1)C(C)C. The molecule has 0 aliphatic heterocycles. The molecule has 96 valence electrons. The molecule has 0 amide bonds. The van der Waals surface area contributed by atoms with E-state index in [4.69, 9.17) is 0 Å². The Kier molecular flexibility index (Phi) is 3.85. The fourth-order valence-electron chi connectivity index (χ4n) is 2.25. The zero-order valence-corrected chi connectivity index (χ0v) is 11.6. The van der Waals surface area contributed by atoms with Gasteiger partial charge in [0, 0.05) is 18.1 Å². The summed E-state index contributed by atoms with van der Waals surface area (Å²) < 4.78 is 2.21. The monoisotopic (exact) mass is 242 g/mol. The summed E-state index contributed by atoms with van der Waals surface area (Å²) in [7, 11) is 0. The van der Waals surface area contributed by atoms with Crippen molar-refractivity contribution in [2.45, 2.75) is 40.0 Å². The van der Waals surface area contributed by atoms with Crippen LogP contribution in [0.1, 0.15) is 45.9 Å². The van der Waals surface area contributed by atoms with Gasteiger partial charge < -0.3 is 4.57 Å². The molecule has 2 heteroatoms. The predicted octanol–water partition coefficient (Wildman–Crippen LogP) is 4.52. The zero-order chi connectivity index (χ0) is 13.1. The van der Waals surface area contributed by atoms with Crippen LogP contribution in [-0.2, 0) is 0 Å². The summed E-state index contributed by atoms with van der Waals surface area (Å²) in [5.41, 5.74) is 4.12. The molecule has 0 unspecified atom stereocenters. The van der Waals surface area contributed by atoms with E-state index in [1.54, 1.807) is 0 Å². The summed E-state index contributed by atoms with van der Waals surface area (Å²) in [5, 5.41) is 0. The summed E-state index contributed by atoms with van der Waals surface area (Å²) in [6.07, 6.45) is 11.6. The molecule has 1 heterocycles. The highest BCUT2D eigenvalue weighted by Crippen LogP contribution is 2.31. The molecule has 2 rings (SSSR count). The highest BCUT2D eigenvalue weighted by atomic mass is 15.1. The number of hydrogen-bond donors (Lipinski definition) is 0. The van der Waals surface area contributed by atoms with Gasteiger partial charge in [-0.25, -0.2) is 4.98 Å². The average molecular weight is 242 g/mol. The molecule has 0 radical (unpaired) electrons. The van der Waals surface area contributed by atoms with Crippen molar-refractivity contribution in [3.63, 3.8) is 0 Å². The first-order valence-electron chi connectivity index (χ1n) is 6.76. The predicted molar refractivity (Wildman–Crippen MR) is 78.0 cm³/mol. The molecule has 0 aromatic carbocycles. The molecule has 0 bridgehead atoms. The number of hydrogen-bond acceptors (Lipinski definition) is 1. The highest BCUT2D eigenvalue weighted by molar-refractivity contribution is 5.61. The van der Waals surface area contributed by atoms with Gasteiger partial charge in [-0.05, 0) is 36.8 Å². The van der Waals surface area contributed by atoms with E-state index in [-0.39, 0.29) is 0 Å². The smallest absolute Gasteiger partial charge is 0.136 e. The van der Waals surface area contributed by atoms with Crippen LogP contribution in [-0.4, -0.2) is 9.55 Å². The van der Waals surface area contributed by atoms with E-state index < -0.39 is 0 Å². The Morgan fingerprint density at radius 1 is 1.50 bits per heavy atom. The first kappa shape index (κ1) is 12.9. The van der Waals surface area contributed by atoms with Crippen LogP contribution in [0.4, 0.5) is 0 Å². The Hall–Kier alpha value is -1.57. The van der Waals surface area contributed by atoms with Crippen LogP contribution in [0.2, 0.25) is 0 Å². The van der Waals surface area contributed by atoms with Gasteiger partial charge in [-0.1, -0.05) is 39.0 Å². The van der Waals surface area contributed by atoms with E-state index >= 15 is 0 Å². The van der Waals surface area contributed by atoms with Crippen molar-refractivity contribution in [3.8, 4) is 0 Å². The number of rotatable bonds is 5. The Morgan fingerprint density at radius 2 is 2.22 bits per heavy atom. The van der Waals surface area contributed by atoms with E-state index in [0.29, 0.717) is 5.92 Å². The van der Waals surface area contributed by atoms with Gasteiger partial charge in [0.1, 0.15) is 5.82 Å². The second kappa shape index (κ2) is 5.38. The number of allylic oxidation sites excluding steroid dienone is 4. The van der Waals surface area contributed by atoms with Gasteiger partial charge in [-0.2, -0.15) is 0 Å². The molecule has 1 fully saturated rings. The first-order valence-corrected chi connectivity index (χ1v) is 6.76. The van der Waals surface area contributed by atoms with Gasteiger partial charge in [0.05, 0.1) is 0 Å². The molecule has 0 saturated heterocycles. The molecule has 0 N–H and O–H groups in total. The topological polar surface area (TPSA) is 17.8 Å². The van der Waals surface area contributed by atoms with Crippen molar-refractivity contribution in [1.82, 2.24) is 9.55 Å². The first-order chi connectivity index (χ1) is 8.67. The number of imidazole rings is 1. The van der Waals surface area contributed by atoms with Crippen LogP contribution in [0.25, 0.3) is 11.8 Å². The second-order valence-electron chi connectivity index (χ2n) is 5.07. The zero-order valence-electron chi connectivity index (χ0n) is 11.6. The average Bonchev–Trinajstić information content (AvgIpc) is 3.03. The molecule has 2 nitrogen and oxygen atoms in total. The second-order valence-corrected chi connectivity index (χ2v) is 5.07. The Balaban J connectivity index is 2.47. The highest BCUT2D eigenvalue weighted by Gasteiger charge is 2.15. The quantitative estimate of drug-likeness (QED) is 0.694. The van der Waals surface area contributed by atoms with Gasteiger partial charge in [-0.3, -0.25) is 0 Å². The molecular weight excluding hydrogens is 220 g/mol. The molecule has 18 heavy (non-hydrogen) atoms. The van der Waals surface area contributed by atoms with Gasteiger partial charge in [0.15, 0.2) is 0 Å². The largest absolute Gasteiger partial charge is 0.304 e. The molecular formula is C16H22N2. The van der Waals surface area contributed by atoms with Gasteiger partial charge in [-0.15, -0.1) is 0 Å². The van der Waals surface area contributed by atoms with Gasteiger partial charge >= 0.3 is 0 Å². The summed E-state index contributed by atoms with van der Waals surface area (Å²) >= 11 is 0. The lowest BCUT2D eigenvalue weighted by atomic mass is 9.99. The normalized spacial score (nSPS) is 15.7. The van der Waals surface area contributed by atoms with Crippen LogP contribution in [0.15, 0.2) is 36.2 Å². The van der Waals surface area contributed by atoms with E-state index in [1.807, 2.05) is 12.3 Å². The number of aromatic nitrogens is 2. The van der Waals surface area contributed by atoms with Crippen molar-refractivity contribution in [2.75, 3.05) is 0 Å². The lowest BCUT2D eigenvalue weighted by Gasteiger charge is -2.16. The van der Waals surface area contributed by atoms with E-state index in [9.17, 15) is 0 Å². The minimum atomic E-state index is 0.487. The number of nitrogens with zero attached hydrogens (tertiary/aromatic N) is 2. The lowest BCUT2D eigenvalue weighted by Crippen LogP contribution is -2.04. The van der Waals surface area contributed by atoms with Crippen molar-refractivity contribution in [1.29, 1.82) is 0 Å². The standard InChI is InChI=1S/C16H22N2/c1-5-14(12(3)4)15(6-2)18-10-9-17-16(18)11-13-7-8-13/h5,9-12H,1,6-8H2,2-4H3/b15-14-. The third-order valence-corrected chi connectivity index (χ3v) is 3.34. The molecule has 1 saturated carbocycles. The maximum Gasteiger partial charge on any atom is 0.136 e. The Morgan fingerprint density at radius 3 is 2.72 bits per heavy atom. The summed E-state index contributed by atoms with van der Waals surface area (Å²) in [6, 6.07) is 0. The summed E-state index contributed by atoms with van der Waals surface area (Å²) in [4.78, 5) is 4.46. The van der Waals surface area contributed by atoms with Crippen molar-refractivity contribution in [3.05, 3.63) is 42.0 Å². The Bertz CT molecular complexity index is 495. The molecule has 1 aromatic rings. The van der Waals surface area contributed by atoms with E-state index in [2.05, 4.69) is 49.2 Å². The maximum atomic E-state index is 4.46. The summed E-state index contributed by atoms with van der Waals surface area (Å²) in [6.45, 7) is 10.6. The van der Waals surface area contributed by atoms with E-state index in [0.717, 1.165) is 12.2 Å². The lowest BCUT2D eigenvalue weighted by molar-refractivity contribution is 0.777. The van der Waals surface area contributed by atoms with Crippen LogP contribution >= 0.6 is 0 Å². The van der Waals surface area contributed by atoms with Crippen LogP contribution in [0.3, 0.4) is 0 Å². The van der Waals surface area contributed by atoms with Crippen LogP contribution < -0.4 is 0 Å². The van der Waals surface area contributed by atoms with Crippen molar-refractivity contribution >= 4 is 11.8 Å². The van der Waals surface area contributed by atoms with Gasteiger partial charge in [0.2, 0.25) is 0 Å². The molecule has 1 aliphatic rings. The van der Waals surface area contributed by atoms with E-state index in [1.165, 1.54) is 29.7 Å². The molecule has 0 atom stereocenters. The van der Waals surface area contributed by atoms with Crippen molar-refractivity contribution in [2.24, 2.45) is 5.92 Å². The fraction of sp³-hybridized carbons (Fsp3) is 0.438. The maximum absolute atomic E-state index is 4.46. The van der Waals surface area contributed by atoms with Gasteiger partial charge in [0.25, 0.3) is 0 Å².